The minimum atomic E-state index is 0.313. The predicted molar refractivity (Wildman–Crippen MR) is 87.3 cm³/mol. The van der Waals surface area contributed by atoms with Crippen molar-refractivity contribution in [3.05, 3.63) is 24.3 Å². The van der Waals surface area contributed by atoms with Gasteiger partial charge < -0.3 is 19.7 Å². The van der Waals surface area contributed by atoms with Crippen LogP contribution in [0.2, 0.25) is 0 Å². The van der Waals surface area contributed by atoms with E-state index >= 15 is 0 Å². The molecule has 0 radical (unpaired) electrons. The first-order valence-electron chi connectivity index (χ1n) is 7.95. The molecule has 0 aromatic heterocycles. The van der Waals surface area contributed by atoms with Crippen molar-refractivity contribution in [2.75, 3.05) is 38.7 Å². The first kappa shape index (κ1) is 16.1. The summed E-state index contributed by atoms with van der Waals surface area (Å²) in [5.41, 5.74) is 1.12. The smallest absolute Gasteiger partial charge is 0.142 e. The van der Waals surface area contributed by atoms with Gasteiger partial charge in [0.15, 0.2) is 0 Å². The molecule has 0 spiro atoms. The number of rotatable bonds is 8. The number of anilines is 1. The van der Waals surface area contributed by atoms with E-state index in [2.05, 4.69) is 30.3 Å². The Bertz CT molecular complexity index is 425. The molecule has 1 aromatic rings. The molecular formula is C17H28N2O2. The summed E-state index contributed by atoms with van der Waals surface area (Å²) in [6.07, 6.45) is 4.15. The van der Waals surface area contributed by atoms with Gasteiger partial charge in [-0.2, -0.15) is 0 Å². The summed E-state index contributed by atoms with van der Waals surface area (Å²) in [5.74, 6) is 0.916. The maximum absolute atomic E-state index is 6.13. The second-order valence-corrected chi connectivity index (χ2v) is 5.71. The summed E-state index contributed by atoms with van der Waals surface area (Å²) in [6, 6.07) is 8.13. The van der Waals surface area contributed by atoms with Gasteiger partial charge in [-0.25, -0.2) is 0 Å². The molecule has 21 heavy (non-hydrogen) atoms. The second-order valence-electron chi connectivity index (χ2n) is 5.71. The van der Waals surface area contributed by atoms with E-state index in [4.69, 9.17) is 9.47 Å². The minimum absolute atomic E-state index is 0.313. The van der Waals surface area contributed by atoms with Gasteiger partial charge in [0, 0.05) is 20.1 Å². The second kappa shape index (κ2) is 8.25. The van der Waals surface area contributed by atoms with Crippen molar-refractivity contribution in [2.24, 2.45) is 0 Å². The van der Waals surface area contributed by atoms with Crippen molar-refractivity contribution in [1.29, 1.82) is 0 Å². The van der Waals surface area contributed by atoms with E-state index in [0.29, 0.717) is 12.2 Å². The lowest BCUT2D eigenvalue weighted by Crippen LogP contribution is -2.32. The van der Waals surface area contributed by atoms with E-state index in [-0.39, 0.29) is 0 Å². The van der Waals surface area contributed by atoms with Gasteiger partial charge in [0.1, 0.15) is 5.75 Å². The number of nitrogens with zero attached hydrogens (tertiary/aromatic N) is 1. The first-order chi connectivity index (χ1) is 10.2. The lowest BCUT2D eigenvalue weighted by molar-refractivity contribution is 0.0500. The molecule has 1 aliphatic heterocycles. The van der Waals surface area contributed by atoms with Gasteiger partial charge in [0.2, 0.25) is 0 Å². The lowest BCUT2D eigenvalue weighted by Gasteiger charge is -2.25. The minimum Gasteiger partial charge on any atom is -0.495 e. The quantitative estimate of drug-likeness (QED) is 0.747. The van der Waals surface area contributed by atoms with Crippen molar-refractivity contribution >= 4 is 5.69 Å². The fourth-order valence-corrected chi connectivity index (χ4v) is 2.85. The van der Waals surface area contributed by atoms with Crippen LogP contribution in [-0.4, -0.2) is 46.0 Å². The van der Waals surface area contributed by atoms with Crippen LogP contribution in [0.3, 0.4) is 0 Å². The van der Waals surface area contributed by atoms with E-state index in [1.54, 1.807) is 7.11 Å². The molecule has 1 aliphatic rings. The molecule has 1 aromatic carbocycles. The standard InChI is InChI=1S/C17H28N2O2/c1-4-11-18-12-14-9-10-15(21-14)13-19(2)16-7-5-6-8-17(16)20-3/h5-8,14-15,18H,4,9-13H2,1-3H3. The summed E-state index contributed by atoms with van der Waals surface area (Å²) in [6.45, 7) is 5.15. The maximum Gasteiger partial charge on any atom is 0.142 e. The summed E-state index contributed by atoms with van der Waals surface area (Å²) in [4.78, 5) is 2.23. The average Bonchev–Trinajstić information content (AvgIpc) is 2.95. The molecule has 0 saturated carbocycles. The van der Waals surface area contributed by atoms with Crippen LogP contribution in [0, 0.1) is 0 Å². The van der Waals surface area contributed by atoms with E-state index in [1.165, 1.54) is 6.42 Å². The van der Waals surface area contributed by atoms with Crippen LogP contribution < -0.4 is 15.0 Å². The molecule has 4 nitrogen and oxygen atoms in total. The zero-order valence-corrected chi connectivity index (χ0v) is 13.5. The van der Waals surface area contributed by atoms with Gasteiger partial charge in [-0.1, -0.05) is 19.1 Å². The zero-order chi connectivity index (χ0) is 15.1. The predicted octanol–water partition coefficient (Wildman–Crippen LogP) is 2.68. The van der Waals surface area contributed by atoms with Crippen LogP contribution in [0.4, 0.5) is 5.69 Å². The molecule has 0 amide bonds. The Hall–Kier alpha value is -1.26. The molecule has 2 atom stereocenters. The lowest BCUT2D eigenvalue weighted by atomic mass is 10.1. The molecule has 1 saturated heterocycles. The molecule has 1 heterocycles. The molecule has 2 unspecified atom stereocenters. The van der Waals surface area contributed by atoms with Crippen LogP contribution in [-0.2, 0) is 4.74 Å². The van der Waals surface area contributed by atoms with Crippen molar-refractivity contribution in [1.82, 2.24) is 5.32 Å². The highest BCUT2D eigenvalue weighted by atomic mass is 16.5. The number of likely N-dealkylation sites (N-methyl/N-ethyl adjacent to an activating group) is 1. The molecule has 0 bridgehead atoms. The summed E-state index contributed by atoms with van der Waals surface area (Å²) < 4.78 is 11.6. The summed E-state index contributed by atoms with van der Waals surface area (Å²) in [5, 5.41) is 3.44. The zero-order valence-electron chi connectivity index (χ0n) is 13.5. The van der Waals surface area contributed by atoms with E-state index in [1.807, 2.05) is 18.2 Å². The molecule has 1 fully saturated rings. The molecule has 1 N–H and O–H groups in total. The van der Waals surface area contributed by atoms with Crippen LogP contribution in [0.1, 0.15) is 26.2 Å². The highest BCUT2D eigenvalue weighted by Gasteiger charge is 2.26. The normalized spacial score (nSPS) is 21.5. The molecule has 4 heteroatoms. The van der Waals surface area contributed by atoms with Crippen LogP contribution in [0.25, 0.3) is 0 Å². The third-order valence-corrected chi connectivity index (χ3v) is 3.97. The number of hydrogen-bond acceptors (Lipinski definition) is 4. The average molecular weight is 292 g/mol. The van der Waals surface area contributed by atoms with Gasteiger partial charge in [-0.05, 0) is 37.9 Å². The van der Waals surface area contributed by atoms with E-state index in [0.717, 1.165) is 43.9 Å². The molecule has 118 valence electrons. The summed E-state index contributed by atoms with van der Waals surface area (Å²) >= 11 is 0. The molecule has 2 rings (SSSR count). The fourth-order valence-electron chi connectivity index (χ4n) is 2.85. The SMILES string of the molecule is CCCNCC1CCC(CN(C)c2ccccc2OC)O1. The Labute approximate surface area is 128 Å². The highest BCUT2D eigenvalue weighted by Crippen LogP contribution is 2.28. The first-order valence-corrected chi connectivity index (χ1v) is 7.95. The van der Waals surface area contributed by atoms with Crippen LogP contribution in [0.5, 0.6) is 5.75 Å². The number of hydrogen-bond donors (Lipinski definition) is 1. The Morgan fingerprint density at radius 2 is 2.05 bits per heavy atom. The summed E-state index contributed by atoms with van der Waals surface area (Å²) in [7, 11) is 3.82. The van der Waals surface area contributed by atoms with Crippen molar-refractivity contribution in [2.45, 2.75) is 38.4 Å². The molecular weight excluding hydrogens is 264 g/mol. The fraction of sp³-hybridized carbons (Fsp3) is 0.647. The maximum atomic E-state index is 6.13. The third-order valence-electron chi connectivity index (χ3n) is 3.97. The Kier molecular flexibility index (Phi) is 6.33. The number of benzene rings is 1. The van der Waals surface area contributed by atoms with Crippen LogP contribution >= 0.6 is 0 Å². The topological polar surface area (TPSA) is 33.7 Å². The third kappa shape index (κ3) is 4.61. The monoisotopic (exact) mass is 292 g/mol. The number of para-hydroxylation sites is 2. The van der Waals surface area contributed by atoms with E-state index in [9.17, 15) is 0 Å². The number of ether oxygens (including phenoxy) is 2. The molecule has 0 aliphatic carbocycles. The Morgan fingerprint density at radius 1 is 1.29 bits per heavy atom. The Morgan fingerprint density at radius 3 is 2.81 bits per heavy atom. The van der Waals surface area contributed by atoms with Crippen LogP contribution in [0.15, 0.2) is 24.3 Å². The van der Waals surface area contributed by atoms with Gasteiger partial charge in [0.05, 0.1) is 25.0 Å². The van der Waals surface area contributed by atoms with Crippen molar-refractivity contribution in [3.8, 4) is 5.75 Å². The number of nitrogens with one attached hydrogen (secondary N) is 1. The number of methoxy groups -OCH3 is 1. The van der Waals surface area contributed by atoms with Gasteiger partial charge in [-0.15, -0.1) is 0 Å². The van der Waals surface area contributed by atoms with Crippen molar-refractivity contribution in [3.63, 3.8) is 0 Å². The Balaban J connectivity index is 1.82. The largest absolute Gasteiger partial charge is 0.495 e. The van der Waals surface area contributed by atoms with Gasteiger partial charge >= 0.3 is 0 Å². The van der Waals surface area contributed by atoms with Gasteiger partial charge in [0.25, 0.3) is 0 Å². The highest BCUT2D eigenvalue weighted by molar-refractivity contribution is 5.57. The van der Waals surface area contributed by atoms with Gasteiger partial charge in [-0.3, -0.25) is 0 Å². The van der Waals surface area contributed by atoms with Crippen molar-refractivity contribution < 1.29 is 9.47 Å². The van der Waals surface area contributed by atoms with E-state index < -0.39 is 0 Å².